The third-order valence-corrected chi connectivity index (χ3v) is 4.78. The average Bonchev–Trinajstić information content (AvgIpc) is 2.82. The van der Waals surface area contributed by atoms with Crippen LogP contribution in [0.3, 0.4) is 0 Å². The van der Waals surface area contributed by atoms with Gasteiger partial charge in [-0.15, -0.1) is 0 Å². The van der Waals surface area contributed by atoms with E-state index < -0.39 is 17.3 Å². The largest absolute Gasteiger partial charge is 0.477 e. The second-order valence-corrected chi connectivity index (χ2v) is 7.33. The first-order chi connectivity index (χ1) is 12.3. The van der Waals surface area contributed by atoms with E-state index in [1.807, 2.05) is 50.2 Å². The van der Waals surface area contributed by atoms with Crippen LogP contribution in [0.25, 0.3) is 0 Å². The van der Waals surface area contributed by atoms with E-state index in [0.29, 0.717) is 13.1 Å². The van der Waals surface area contributed by atoms with Crippen LogP contribution in [-0.2, 0) is 11.3 Å². The normalized spacial score (nSPS) is 18.7. The van der Waals surface area contributed by atoms with Crippen LogP contribution in [0.15, 0.2) is 42.5 Å². The van der Waals surface area contributed by atoms with Gasteiger partial charge < -0.3 is 9.64 Å². The smallest absolute Gasteiger partial charge is 0.264 e. The number of nitrogens with zero attached hydrogens (tertiary/aromatic N) is 2. The van der Waals surface area contributed by atoms with Gasteiger partial charge in [0.15, 0.2) is 17.7 Å². The molecule has 0 bridgehead atoms. The zero-order valence-electron chi connectivity index (χ0n) is 15.1. The van der Waals surface area contributed by atoms with Crippen molar-refractivity contribution >= 4 is 5.91 Å². The molecule has 3 rings (SSSR count). The molecule has 0 aromatic heterocycles. The lowest BCUT2D eigenvalue weighted by Crippen LogP contribution is -2.36. The molecule has 0 N–H and O–H groups in total. The van der Waals surface area contributed by atoms with Gasteiger partial charge in [-0.05, 0) is 24.6 Å². The molecule has 134 valence electrons. The van der Waals surface area contributed by atoms with Gasteiger partial charge in [0.25, 0.3) is 5.91 Å². The van der Waals surface area contributed by atoms with Crippen molar-refractivity contribution in [3.8, 4) is 11.8 Å². The van der Waals surface area contributed by atoms with E-state index in [2.05, 4.69) is 0 Å². The lowest BCUT2D eigenvalue weighted by molar-refractivity contribution is -0.135. The molecule has 1 atom stereocenters. The van der Waals surface area contributed by atoms with Crippen LogP contribution in [0.1, 0.15) is 30.5 Å². The van der Waals surface area contributed by atoms with E-state index in [9.17, 15) is 9.18 Å². The van der Waals surface area contributed by atoms with Gasteiger partial charge in [0.2, 0.25) is 0 Å². The third-order valence-electron chi connectivity index (χ3n) is 4.78. The van der Waals surface area contributed by atoms with Crippen LogP contribution in [0.4, 0.5) is 4.39 Å². The number of rotatable bonds is 4. The zero-order valence-corrected chi connectivity index (χ0v) is 15.1. The lowest BCUT2D eigenvalue weighted by atomic mass is 9.89. The van der Waals surface area contributed by atoms with Crippen molar-refractivity contribution in [2.24, 2.45) is 5.41 Å². The van der Waals surface area contributed by atoms with Gasteiger partial charge in [-0.2, -0.15) is 5.26 Å². The minimum Gasteiger partial charge on any atom is -0.477 e. The third kappa shape index (κ3) is 3.28. The quantitative estimate of drug-likeness (QED) is 0.840. The standard InChI is InChI=1S/C21H21FN2O2/c1-14-16(11-23)9-10-17(18(14)22)26-19-20(25)24(13-21(19,2)3)12-15-7-5-4-6-8-15/h4-10,19H,12-13H2,1-3H3/t19-/m0/s1. The second kappa shape index (κ2) is 6.80. The van der Waals surface area contributed by atoms with Crippen molar-refractivity contribution in [1.82, 2.24) is 4.90 Å². The molecule has 1 aliphatic heterocycles. The Morgan fingerprint density at radius 2 is 1.96 bits per heavy atom. The van der Waals surface area contributed by atoms with E-state index in [4.69, 9.17) is 10.00 Å². The Bertz CT molecular complexity index is 872. The van der Waals surface area contributed by atoms with Crippen molar-refractivity contribution in [3.63, 3.8) is 0 Å². The maximum atomic E-state index is 14.5. The second-order valence-electron chi connectivity index (χ2n) is 7.33. The lowest BCUT2D eigenvalue weighted by Gasteiger charge is -2.24. The molecule has 1 fully saturated rings. The molecule has 4 nitrogen and oxygen atoms in total. The number of carbonyl (C=O) groups is 1. The summed E-state index contributed by atoms with van der Waals surface area (Å²) >= 11 is 0. The molecule has 1 amide bonds. The number of halogens is 1. The molecule has 1 saturated heterocycles. The van der Waals surface area contributed by atoms with Crippen molar-refractivity contribution in [3.05, 3.63) is 65.0 Å². The first-order valence-corrected chi connectivity index (χ1v) is 8.52. The number of amides is 1. The highest BCUT2D eigenvalue weighted by molar-refractivity contribution is 5.84. The van der Waals surface area contributed by atoms with Crippen molar-refractivity contribution < 1.29 is 13.9 Å². The van der Waals surface area contributed by atoms with Gasteiger partial charge in [-0.1, -0.05) is 44.2 Å². The molecular formula is C21H21FN2O2. The summed E-state index contributed by atoms with van der Waals surface area (Å²) in [5, 5.41) is 9.00. The fraction of sp³-hybridized carbons (Fsp3) is 0.333. The minimum atomic E-state index is -0.770. The SMILES string of the molecule is Cc1c(C#N)ccc(O[C@H]2C(=O)N(Cc3ccccc3)CC2(C)C)c1F. The summed E-state index contributed by atoms with van der Waals surface area (Å²) in [4.78, 5) is 14.6. The van der Waals surface area contributed by atoms with Gasteiger partial charge in [0, 0.05) is 24.1 Å². The Morgan fingerprint density at radius 1 is 1.27 bits per heavy atom. The predicted octanol–water partition coefficient (Wildman–Crippen LogP) is 3.82. The van der Waals surface area contributed by atoms with E-state index in [1.54, 1.807) is 4.90 Å². The maximum absolute atomic E-state index is 14.5. The fourth-order valence-electron chi connectivity index (χ4n) is 3.30. The molecule has 0 spiro atoms. The molecule has 0 aliphatic carbocycles. The van der Waals surface area contributed by atoms with Crippen molar-refractivity contribution in [1.29, 1.82) is 5.26 Å². The highest BCUT2D eigenvalue weighted by Crippen LogP contribution is 2.36. The number of likely N-dealkylation sites (tertiary alicyclic amines) is 1. The van der Waals surface area contributed by atoms with Crippen LogP contribution in [0.5, 0.6) is 5.75 Å². The summed E-state index contributed by atoms with van der Waals surface area (Å²) in [5.41, 5.74) is 1.07. The van der Waals surface area contributed by atoms with Crippen LogP contribution < -0.4 is 4.74 Å². The molecule has 0 unspecified atom stereocenters. The zero-order chi connectivity index (χ0) is 18.9. The number of hydrogen-bond acceptors (Lipinski definition) is 3. The monoisotopic (exact) mass is 352 g/mol. The summed E-state index contributed by atoms with van der Waals surface area (Å²) in [6.07, 6.45) is -0.770. The number of carbonyl (C=O) groups excluding carboxylic acids is 1. The molecule has 0 saturated carbocycles. The average molecular weight is 352 g/mol. The van der Waals surface area contributed by atoms with E-state index in [-0.39, 0.29) is 22.8 Å². The number of nitriles is 1. The first-order valence-electron chi connectivity index (χ1n) is 8.52. The minimum absolute atomic E-state index is 0.00878. The molecule has 2 aromatic carbocycles. The Labute approximate surface area is 152 Å². The summed E-state index contributed by atoms with van der Waals surface area (Å²) < 4.78 is 20.3. The highest BCUT2D eigenvalue weighted by Gasteiger charge is 2.48. The summed E-state index contributed by atoms with van der Waals surface area (Å²) in [7, 11) is 0. The molecule has 1 aliphatic rings. The molecule has 5 heteroatoms. The van der Waals surface area contributed by atoms with Crippen LogP contribution >= 0.6 is 0 Å². The summed E-state index contributed by atoms with van der Waals surface area (Å²) in [6.45, 7) is 6.44. The topological polar surface area (TPSA) is 53.3 Å². The van der Waals surface area contributed by atoms with Crippen LogP contribution in [-0.4, -0.2) is 23.5 Å². The van der Waals surface area contributed by atoms with Gasteiger partial charge in [-0.3, -0.25) is 4.79 Å². The van der Waals surface area contributed by atoms with Crippen molar-refractivity contribution in [2.45, 2.75) is 33.4 Å². The maximum Gasteiger partial charge on any atom is 0.264 e. The van der Waals surface area contributed by atoms with E-state index in [0.717, 1.165) is 5.56 Å². The Kier molecular flexibility index (Phi) is 4.69. The Hall–Kier alpha value is -2.87. The van der Waals surface area contributed by atoms with Crippen LogP contribution in [0.2, 0.25) is 0 Å². The van der Waals surface area contributed by atoms with E-state index in [1.165, 1.54) is 19.1 Å². The van der Waals surface area contributed by atoms with Crippen LogP contribution in [0, 0.1) is 29.5 Å². The molecule has 1 heterocycles. The number of benzene rings is 2. The summed E-state index contributed by atoms with van der Waals surface area (Å²) in [5.74, 6) is -0.732. The summed E-state index contributed by atoms with van der Waals surface area (Å²) in [6, 6.07) is 14.6. The highest BCUT2D eigenvalue weighted by atomic mass is 19.1. The van der Waals surface area contributed by atoms with E-state index >= 15 is 0 Å². The van der Waals surface area contributed by atoms with Gasteiger partial charge in [0.1, 0.15) is 0 Å². The van der Waals surface area contributed by atoms with Crippen molar-refractivity contribution in [2.75, 3.05) is 6.54 Å². The molecule has 2 aromatic rings. The number of hydrogen-bond donors (Lipinski definition) is 0. The molecular weight excluding hydrogens is 331 g/mol. The fourth-order valence-corrected chi connectivity index (χ4v) is 3.30. The Morgan fingerprint density at radius 3 is 2.62 bits per heavy atom. The molecule has 0 radical (unpaired) electrons. The predicted molar refractivity (Wildman–Crippen MR) is 95.9 cm³/mol. The van der Waals surface area contributed by atoms with Gasteiger partial charge in [0.05, 0.1) is 11.6 Å². The van der Waals surface area contributed by atoms with Gasteiger partial charge in [-0.25, -0.2) is 4.39 Å². The first kappa shape index (κ1) is 17.9. The Balaban J connectivity index is 1.83. The van der Waals surface area contributed by atoms with Gasteiger partial charge >= 0.3 is 0 Å². The number of ether oxygens (including phenoxy) is 1. The molecule has 26 heavy (non-hydrogen) atoms.